The van der Waals surface area contributed by atoms with Gasteiger partial charge < -0.3 is 10.2 Å². The second kappa shape index (κ2) is 3.21. The van der Waals surface area contributed by atoms with E-state index in [9.17, 15) is 13.2 Å². The van der Waals surface area contributed by atoms with Gasteiger partial charge in [-0.05, 0) is 6.07 Å². The molecule has 0 radical (unpaired) electrons. The van der Waals surface area contributed by atoms with Crippen molar-refractivity contribution in [3.8, 4) is 5.75 Å². The van der Waals surface area contributed by atoms with Crippen LogP contribution in [-0.2, 0) is 0 Å². The lowest BCUT2D eigenvalue weighted by Gasteiger charge is -2.15. The first-order chi connectivity index (χ1) is 5.93. The maximum atomic E-state index is 11.9. The number of aliphatic hydroxyl groups excluding tert-OH is 1. The summed E-state index contributed by atoms with van der Waals surface area (Å²) in [5.41, 5.74) is -0.595. The van der Waals surface area contributed by atoms with Crippen LogP contribution in [0, 0.1) is 0 Å². The van der Waals surface area contributed by atoms with Crippen LogP contribution in [0.15, 0.2) is 18.5 Å². The highest BCUT2D eigenvalue weighted by Gasteiger charge is 2.40. The molecule has 1 rings (SSSR count). The van der Waals surface area contributed by atoms with E-state index in [1.54, 1.807) is 0 Å². The summed E-state index contributed by atoms with van der Waals surface area (Å²) in [6, 6.07) is 0.910. The first-order valence-electron chi connectivity index (χ1n) is 3.30. The first-order valence-corrected chi connectivity index (χ1v) is 3.30. The zero-order chi connectivity index (χ0) is 10.1. The Morgan fingerprint density at radius 2 is 2.00 bits per heavy atom. The molecule has 0 amide bonds. The molecule has 0 spiro atoms. The van der Waals surface area contributed by atoms with E-state index >= 15 is 0 Å². The highest BCUT2D eigenvalue weighted by Crippen LogP contribution is 2.35. The third-order valence-corrected chi connectivity index (χ3v) is 1.44. The van der Waals surface area contributed by atoms with E-state index in [4.69, 9.17) is 10.2 Å². The molecular formula is C7H6F3NO2. The molecule has 0 fully saturated rings. The number of pyridine rings is 1. The predicted octanol–water partition coefficient (Wildman–Crippen LogP) is 1.38. The average molecular weight is 193 g/mol. The topological polar surface area (TPSA) is 53.4 Å². The lowest BCUT2D eigenvalue weighted by Crippen LogP contribution is -2.20. The summed E-state index contributed by atoms with van der Waals surface area (Å²) in [4.78, 5) is 3.38. The van der Waals surface area contributed by atoms with Crippen molar-refractivity contribution >= 4 is 0 Å². The second-order valence-electron chi connectivity index (χ2n) is 2.38. The third kappa shape index (κ3) is 2.09. The number of aromatic nitrogens is 1. The van der Waals surface area contributed by atoms with Gasteiger partial charge in [0.15, 0.2) is 6.10 Å². The van der Waals surface area contributed by atoms with Crippen molar-refractivity contribution in [3.63, 3.8) is 0 Å². The highest BCUT2D eigenvalue weighted by atomic mass is 19.4. The van der Waals surface area contributed by atoms with Crippen molar-refractivity contribution in [1.82, 2.24) is 4.98 Å². The van der Waals surface area contributed by atoms with Gasteiger partial charge in [0.05, 0.1) is 6.20 Å². The molecule has 1 heterocycles. The molecule has 72 valence electrons. The largest absolute Gasteiger partial charge is 0.506 e. The zero-order valence-corrected chi connectivity index (χ0v) is 6.28. The van der Waals surface area contributed by atoms with Gasteiger partial charge in [0.25, 0.3) is 0 Å². The van der Waals surface area contributed by atoms with Gasteiger partial charge >= 0.3 is 6.18 Å². The number of halogens is 3. The van der Waals surface area contributed by atoms with Crippen molar-refractivity contribution in [1.29, 1.82) is 0 Å². The molecule has 6 heteroatoms. The van der Waals surface area contributed by atoms with E-state index in [1.165, 1.54) is 0 Å². The summed E-state index contributed by atoms with van der Waals surface area (Å²) in [7, 11) is 0. The fourth-order valence-corrected chi connectivity index (χ4v) is 0.804. The summed E-state index contributed by atoms with van der Waals surface area (Å²) in [5, 5.41) is 17.6. The normalized spacial score (nSPS) is 14.2. The van der Waals surface area contributed by atoms with E-state index < -0.39 is 23.6 Å². The van der Waals surface area contributed by atoms with Gasteiger partial charge in [-0.2, -0.15) is 13.2 Å². The van der Waals surface area contributed by atoms with Crippen LogP contribution in [0.4, 0.5) is 13.2 Å². The minimum absolute atomic E-state index is 0.595. The van der Waals surface area contributed by atoms with Gasteiger partial charge in [0, 0.05) is 11.8 Å². The van der Waals surface area contributed by atoms with Crippen LogP contribution >= 0.6 is 0 Å². The molecule has 0 saturated heterocycles. The van der Waals surface area contributed by atoms with Gasteiger partial charge in [-0.25, -0.2) is 0 Å². The Balaban J connectivity index is 3.02. The standard InChI is InChI=1S/C7H6F3NO2/c8-7(9,10)6(13)4-1-2-11-3-5(4)12/h1-3,6,12-13H. The van der Waals surface area contributed by atoms with Gasteiger partial charge in [-0.3, -0.25) is 4.98 Å². The van der Waals surface area contributed by atoms with Crippen LogP contribution in [-0.4, -0.2) is 21.4 Å². The SMILES string of the molecule is Oc1cnccc1C(O)C(F)(F)F. The molecule has 0 aliphatic heterocycles. The van der Waals surface area contributed by atoms with Crippen LogP contribution in [0.25, 0.3) is 0 Å². The molecule has 0 saturated carbocycles. The van der Waals surface area contributed by atoms with Crippen LogP contribution in [0.2, 0.25) is 0 Å². The smallest absolute Gasteiger partial charge is 0.418 e. The predicted molar refractivity (Wildman–Crippen MR) is 36.9 cm³/mol. The van der Waals surface area contributed by atoms with Gasteiger partial charge in [-0.1, -0.05) is 0 Å². The molecular weight excluding hydrogens is 187 g/mol. The van der Waals surface area contributed by atoms with Crippen molar-refractivity contribution in [2.45, 2.75) is 12.3 Å². The van der Waals surface area contributed by atoms with Crippen LogP contribution in [0.3, 0.4) is 0 Å². The maximum Gasteiger partial charge on any atom is 0.418 e. The molecule has 13 heavy (non-hydrogen) atoms. The number of aliphatic hydroxyl groups is 1. The quantitative estimate of drug-likeness (QED) is 0.708. The first kappa shape index (κ1) is 9.79. The summed E-state index contributed by atoms with van der Waals surface area (Å²) in [5.74, 6) is -0.674. The minimum atomic E-state index is -4.78. The van der Waals surface area contributed by atoms with Gasteiger partial charge in [0.1, 0.15) is 5.75 Å². The van der Waals surface area contributed by atoms with E-state index in [-0.39, 0.29) is 0 Å². The Morgan fingerprint density at radius 3 is 2.46 bits per heavy atom. The highest BCUT2D eigenvalue weighted by molar-refractivity contribution is 5.30. The Hall–Kier alpha value is -1.30. The molecule has 3 nitrogen and oxygen atoms in total. The molecule has 0 aliphatic rings. The minimum Gasteiger partial charge on any atom is -0.506 e. The maximum absolute atomic E-state index is 11.9. The fraction of sp³-hybridized carbons (Fsp3) is 0.286. The Morgan fingerprint density at radius 1 is 1.38 bits per heavy atom. The number of rotatable bonds is 1. The molecule has 2 N–H and O–H groups in total. The summed E-state index contributed by atoms with van der Waals surface area (Å²) < 4.78 is 35.8. The third-order valence-electron chi connectivity index (χ3n) is 1.44. The molecule has 1 aromatic rings. The summed E-state index contributed by atoms with van der Waals surface area (Å²) in [6.45, 7) is 0. The van der Waals surface area contributed by atoms with Crippen molar-refractivity contribution in [2.75, 3.05) is 0 Å². The molecule has 1 atom stereocenters. The van der Waals surface area contributed by atoms with Crippen LogP contribution in [0.1, 0.15) is 11.7 Å². The van der Waals surface area contributed by atoms with Gasteiger partial charge in [-0.15, -0.1) is 0 Å². The lowest BCUT2D eigenvalue weighted by molar-refractivity contribution is -0.207. The summed E-state index contributed by atoms with van der Waals surface area (Å²) >= 11 is 0. The van der Waals surface area contributed by atoms with Crippen LogP contribution < -0.4 is 0 Å². The van der Waals surface area contributed by atoms with Crippen molar-refractivity contribution in [3.05, 3.63) is 24.0 Å². The Bertz CT molecular complexity index is 300. The average Bonchev–Trinajstić information content (AvgIpc) is 2.02. The number of alkyl halides is 3. The van der Waals surface area contributed by atoms with Gasteiger partial charge in [0.2, 0.25) is 0 Å². The second-order valence-corrected chi connectivity index (χ2v) is 2.38. The zero-order valence-electron chi connectivity index (χ0n) is 6.28. The number of nitrogens with zero attached hydrogens (tertiary/aromatic N) is 1. The Kier molecular flexibility index (Phi) is 2.42. The monoisotopic (exact) mass is 193 g/mol. The molecule has 0 aromatic carbocycles. The fourth-order valence-electron chi connectivity index (χ4n) is 0.804. The molecule has 0 aliphatic carbocycles. The Labute approximate surface area is 71.5 Å². The van der Waals surface area contributed by atoms with Crippen LogP contribution in [0.5, 0.6) is 5.75 Å². The lowest BCUT2D eigenvalue weighted by atomic mass is 10.1. The molecule has 1 unspecified atom stereocenters. The van der Waals surface area contributed by atoms with E-state index in [1.807, 2.05) is 0 Å². The van der Waals surface area contributed by atoms with E-state index in [0.717, 1.165) is 18.5 Å². The number of hydrogen-bond acceptors (Lipinski definition) is 3. The number of aromatic hydroxyl groups is 1. The van der Waals surface area contributed by atoms with Crippen molar-refractivity contribution in [2.24, 2.45) is 0 Å². The van der Waals surface area contributed by atoms with Crippen molar-refractivity contribution < 1.29 is 23.4 Å². The number of hydrogen-bond donors (Lipinski definition) is 2. The van der Waals surface area contributed by atoms with E-state index in [2.05, 4.69) is 4.98 Å². The molecule has 0 bridgehead atoms. The molecule has 1 aromatic heterocycles. The summed E-state index contributed by atoms with van der Waals surface area (Å²) in [6.07, 6.45) is -5.55. The van der Waals surface area contributed by atoms with E-state index in [0.29, 0.717) is 0 Å².